The third-order valence-electron chi connectivity index (χ3n) is 4.12. The van der Waals surface area contributed by atoms with Crippen molar-refractivity contribution < 1.29 is 19.2 Å². The molecule has 8 nitrogen and oxygen atoms in total. The minimum absolute atomic E-state index is 0.0152. The van der Waals surface area contributed by atoms with Gasteiger partial charge in [-0.1, -0.05) is 0 Å². The normalized spacial score (nSPS) is 17.7. The summed E-state index contributed by atoms with van der Waals surface area (Å²) in [6, 6.07) is 4.14. The summed E-state index contributed by atoms with van der Waals surface area (Å²) in [7, 11) is 1.42. The molecule has 0 spiro atoms. The van der Waals surface area contributed by atoms with Gasteiger partial charge in [0, 0.05) is 18.1 Å². The summed E-state index contributed by atoms with van der Waals surface area (Å²) in [6.45, 7) is 7.37. The molecule has 1 fully saturated rings. The summed E-state index contributed by atoms with van der Waals surface area (Å²) >= 11 is 0. The van der Waals surface area contributed by atoms with Crippen LogP contribution in [-0.4, -0.2) is 47.7 Å². The molecule has 1 heterocycles. The van der Waals surface area contributed by atoms with Crippen LogP contribution in [0.5, 0.6) is 11.5 Å². The Labute approximate surface area is 147 Å². The van der Waals surface area contributed by atoms with Crippen LogP contribution in [0, 0.1) is 10.1 Å². The van der Waals surface area contributed by atoms with Crippen LogP contribution < -0.4 is 14.8 Å². The Balaban J connectivity index is 2.27. The monoisotopic (exact) mass is 351 g/mol. The largest absolute Gasteiger partial charge is 0.496 e. The number of hydrogen-bond acceptors (Lipinski definition) is 6. The number of benzene rings is 1. The van der Waals surface area contributed by atoms with Gasteiger partial charge in [0.1, 0.15) is 5.75 Å². The van der Waals surface area contributed by atoms with Crippen molar-refractivity contribution in [3.8, 4) is 11.5 Å². The van der Waals surface area contributed by atoms with E-state index in [9.17, 15) is 14.9 Å². The summed E-state index contributed by atoms with van der Waals surface area (Å²) in [5.74, 6) is 0.240. The lowest BCUT2D eigenvalue weighted by atomic mass is 9.99. The van der Waals surface area contributed by atoms with Crippen molar-refractivity contribution in [2.75, 3.05) is 20.2 Å². The van der Waals surface area contributed by atoms with Crippen LogP contribution in [0.3, 0.4) is 0 Å². The zero-order valence-corrected chi connectivity index (χ0v) is 15.1. The van der Waals surface area contributed by atoms with Crippen molar-refractivity contribution in [3.05, 3.63) is 28.3 Å². The van der Waals surface area contributed by atoms with Gasteiger partial charge in [-0.25, -0.2) is 4.79 Å². The molecular formula is C17H25N3O5. The maximum Gasteiger partial charge on any atom is 0.416 e. The van der Waals surface area contributed by atoms with Crippen molar-refractivity contribution in [3.63, 3.8) is 0 Å². The van der Waals surface area contributed by atoms with Crippen molar-refractivity contribution in [2.24, 2.45) is 0 Å². The van der Waals surface area contributed by atoms with Gasteiger partial charge in [0.2, 0.25) is 5.75 Å². The fourth-order valence-electron chi connectivity index (χ4n) is 3.02. The summed E-state index contributed by atoms with van der Waals surface area (Å²) in [4.78, 5) is 25.2. The smallest absolute Gasteiger partial charge is 0.416 e. The molecule has 2 rings (SSSR count). The summed E-state index contributed by atoms with van der Waals surface area (Å²) in [6.07, 6.45) is 1.24. The highest BCUT2D eigenvalue weighted by atomic mass is 16.6. The van der Waals surface area contributed by atoms with Gasteiger partial charge in [0.15, 0.2) is 0 Å². The molecule has 1 aliphatic heterocycles. The molecule has 1 amide bonds. The van der Waals surface area contributed by atoms with Crippen LogP contribution in [0.4, 0.5) is 10.5 Å². The molecule has 0 radical (unpaired) electrons. The number of nitro groups is 1. The van der Waals surface area contributed by atoms with Gasteiger partial charge in [0.05, 0.1) is 18.1 Å². The summed E-state index contributed by atoms with van der Waals surface area (Å²) in [5.41, 5.74) is -0.773. The average Bonchev–Trinajstić information content (AvgIpc) is 2.54. The molecule has 1 aliphatic rings. The minimum atomic E-state index is -0.589. The molecule has 0 unspecified atom stereocenters. The molecule has 1 atom stereocenters. The molecular weight excluding hydrogens is 326 g/mol. The van der Waals surface area contributed by atoms with Crippen LogP contribution in [0.2, 0.25) is 0 Å². The lowest BCUT2D eigenvalue weighted by molar-refractivity contribution is -0.385. The first kappa shape index (κ1) is 19.0. The zero-order valence-electron chi connectivity index (χ0n) is 15.1. The Kier molecular flexibility index (Phi) is 5.84. The third kappa shape index (κ3) is 4.60. The molecule has 0 bridgehead atoms. The second-order valence-corrected chi connectivity index (χ2v) is 7.00. The quantitative estimate of drug-likeness (QED) is 0.662. The van der Waals surface area contributed by atoms with E-state index in [1.807, 2.05) is 20.8 Å². The molecule has 138 valence electrons. The van der Waals surface area contributed by atoms with Crippen LogP contribution in [-0.2, 0) is 0 Å². The van der Waals surface area contributed by atoms with Gasteiger partial charge in [-0.3, -0.25) is 15.0 Å². The van der Waals surface area contributed by atoms with Crippen LogP contribution in [0.1, 0.15) is 33.6 Å². The van der Waals surface area contributed by atoms with E-state index in [-0.39, 0.29) is 17.5 Å². The molecule has 1 N–H and O–H groups in total. The first-order valence-electron chi connectivity index (χ1n) is 8.28. The number of piperidine rings is 1. The zero-order chi connectivity index (χ0) is 18.6. The molecule has 1 saturated heterocycles. The Bertz CT molecular complexity index is 636. The number of methoxy groups -OCH3 is 1. The number of carbonyl (C=O) groups is 1. The highest BCUT2D eigenvalue weighted by Crippen LogP contribution is 2.32. The highest BCUT2D eigenvalue weighted by Gasteiger charge is 2.36. The van der Waals surface area contributed by atoms with Crippen molar-refractivity contribution in [1.29, 1.82) is 0 Å². The van der Waals surface area contributed by atoms with Gasteiger partial charge in [0.25, 0.3) is 0 Å². The van der Waals surface area contributed by atoms with E-state index >= 15 is 0 Å². The van der Waals surface area contributed by atoms with E-state index < -0.39 is 16.6 Å². The summed E-state index contributed by atoms with van der Waals surface area (Å²) in [5, 5.41) is 14.6. The van der Waals surface area contributed by atoms with E-state index in [1.165, 1.54) is 25.3 Å². The van der Waals surface area contributed by atoms with Gasteiger partial charge in [-0.2, -0.15) is 0 Å². The fraction of sp³-hybridized carbons (Fsp3) is 0.588. The molecule has 1 aromatic rings. The molecule has 0 aromatic heterocycles. The number of nitrogens with one attached hydrogen (secondary N) is 1. The first-order valence-corrected chi connectivity index (χ1v) is 8.28. The second-order valence-electron chi connectivity index (χ2n) is 7.00. The van der Waals surface area contributed by atoms with Crippen LogP contribution in [0.15, 0.2) is 18.2 Å². The SMILES string of the molecule is COc1ccc(OC(=O)N([C@H]2CCCNC2)C(C)(C)C)c([N+](=O)[O-])c1. The Morgan fingerprint density at radius 3 is 2.64 bits per heavy atom. The Morgan fingerprint density at radius 1 is 1.40 bits per heavy atom. The standard InChI is InChI=1S/C17H25N3O5/c1-17(2,3)19(12-6-5-9-18-11-12)16(21)25-15-8-7-13(24-4)10-14(15)20(22)23/h7-8,10,12,18H,5-6,9,11H2,1-4H3/t12-/m0/s1. The number of amides is 1. The first-order chi connectivity index (χ1) is 11.7. The number of hydrogen-bond donors (Lipinski definition) is 1. The van der Waals surface area contributed by atoms with Crippen LogP contribution >= 0.6 is 0 Å². The Hall–Kier alpha value is -2.35. The Morgan fingerprint density at radius 2 is 2.12 bits per heavy atom. The number of carbonyl (C=O) groups excluding carboxylic acids is 1. The van der Waals surface area contributed by atoms with Gasteiger partial charge < -0.3 is 14.8 Å². The van der Waals surface area contributed by atoms with E-state index in [0.717, 1.165) is 19.4 Å². The minimum Gasteiger partial charge on any atom is -0.496 e. The molecule has 25 heavy (non-hydrogen) atoms. The van der Waals surface area contributed by atoms with E-state index in [1.54, 1.807) is 4.90 Å². The second kappa shape index (κ2) is 7.69. The fourth-order valence-corrected chi connectivity index (χ4v) is 3.02. The highest BCUT2D eigenvalue weighted by molar-refractivity contribution is 5.74. The van der Waals surface area contributed by atoms with Crippen LogP contribution in [0.25, 0.3) is 0 Å². The summed E-state index contributed by atoms with van der Waals surface area (Å²) < 4.78 is 10.4. The molecule has 0 aliphatic carbocycles. The predicted molar refractivity (Wildman–Crippen MR) is 93.2 cm³/mol. The lowest BCUT2D eigenvalue weighted by Gasteiger charge is -2.42. The van der Waals surface area contributed by atoms with Gasteiger partial charge >= 0.3 is 11.8 Å². The van der Waals surface area contributed by atoms with Crippen molar-refractivity contribution in [2.45, 2.75) is 45.2 Å². The number of ether oxygens (including phenoxy) is 2. The average molecular weight is 351 g/mol. The number of rotatable bonds is 4. The third-order valence-corrected chi connectivity index (χ3v) is 4.12. The van der Waals surface area contributed by atoms with E-state index in [4.69, 9.17) is 9.47 Å². The molecule has 1 aromatic carbocycles. The van der Waals surface area contributed by atoms with E-state index in [2.05, 4.69) is 5.32 Å². The van der Waals surface area contributed by atoms with Crippen molar-refractivity contribution in [1.82, 2.24) is 10.2 Å². The maximum atomic E-state index is 12.8. The van der Waals surface area contributed by atoms with Gasteiger partial charge in [-0.15, -0.1) is 0 Å². The number of nitrogens with zero attached hydrogens (tertiary/aromatic N) is 2. The molecule has 0 saturated carbocycles. The van der Waals surface area contributed by atoms with Crippen molar-refractivity contribution >= 4 is 11.8 Å². The number of nitro benzene ring substituents is 1. The van der Waals surface area contributed by atoms with Gasteiger partial charge in [-0.05, 0) is 52.3 Å². The predicted octanol–water partition coefficient (Wildman–Crippen LogP) is 2.95. The lowest BCUT2D eigenvalue weighted by Crippen LogP contribution is -2.57. The topological polar surface area (TPSA) is 93.9 Å². The maximum absolute atomic E-state index is 12.8. The molecule has 8 heteroatoms. The van der Waals surface area contributed by atoms with E-state index in [0.29, 0.717) is 12.3 Å².